The van der Waals surface area contributed by atoms with E-state index < -0.39 is 0 Å². The van der Waals surface area contributed by atoms with Gasteiger partial charge in [-0.3, -0.25) is 4.90 Å². The molecule has 1 saturated carbocycles. The molecule has 1 aromatic carbocycles. The summed E-state index contributed by atoms with van der Waals surface area (Å²) in [7, 11) is 6.08. The van der Waals surface area contributed by atoms with Gasteiger partial charge in [-0.25, -0.2) is 4.99 Å². The van der Waals surface area contributed by atoms with Crippen molar-refractivity contribution >= 4 is 5.96 Å². The van der Waals surface area contributed by atoms with E-state index in [1.54, 1.807) is 7.11 Å². The molecule has 7 nitrogen and oxygen atoms in total. The minimum absolute atomic E-state index is 0.310. The molecule has 2 N–H and O–H groups in total. The van der Waals surface area contributed by atoms with E-state index in [4.69, 9.17) is 14.5 Å². The summed E-state index contributed by atoms with van der Waals surface area (Å²) in [6.45, 7) is 7.68. The fraction of sp³-hybridized carbons (Fsp3) is 0.696. The molecule has 0 amide bonds. The fourth-order valence-corrected chi connectivity index (χ4v) is 4.13. The Labute approximate surface area is 181 Å². The van der Waals surface area contributed by atoms with Crippen LogP contribution < -0.4 is 20.1 Å². The molecule has 168 valence electrons. The van der Waals surface area contributed by atoms with Crippen molar-refractivity contribution in [2.75, 3.05) is 53.9 Å². The average molecular weight is 418 g/mol. The van der Waals surface area contributed by atoms with E-state index in [1.165, 1.54) is 12.8 Å². The molecule has 1 unspecified atom stereocenters. The summed E-state index contributed by atoms with van der Waals surface area (Å²) >= 11 is 0. The Morgan fingerprint density at radius 1 is 1.17 bits per heavy atom. The summed E-state index contributed by atoms with van der Waals surface area (Å²) in [6, 6.07) is 6.53. The van der Waals surface area contributed by atoms with Gasteiger partial charge in [0.25, 0.3) is 0 Å². The van der Waals surface area contributed by atoms with E-state index in [9.17, 15) is 0 Å². The Balaban J connectivity index is 1.65. The van der Waals surface area contributed by atoms with Crippen LogP contribution in [-0.2, 0) is 6.54 Å². The van der Waals surface area contributed by atoms with E-state index in [-0.39, 0.29) is 0 Å². The molecular formula is C23H39N5O2. The number of benzene rings is 1. The number of hydrogen-bond acceptors (Lipinski definition) is 5. The molecule has 1 saturated heterocycles. The van der Waals surface area contributed by atoms with Crippen molar-refractivity contribution in [3.63, 3.8) is 0 Å². The van der Waals surface area contributed by atoms with Gasteiger partial charge in [-0.05, 0) is 58.8 Å². The van der Waals surface area contributed by atoms with Crippen molar-refractivity contribution in [1.29, 1.82) is 0 Å². The lowest BCUT2D eigenvalue weighted by molar-refractivity contribution is 0.116. The van der Waals surface area contributed by atoms with E-state index in [2.05, 4.69) is 47.5 Å². The van der Waals surface area contributed by atoms with Gasteiger partial charge in [0.2, 0.25) is 0 Å². The van der Waals surface area contributed by atoms with Crippen LogP contribution >= 0.6 is 0 Å². The number of methoxy groups -OCH3 is 1. The van der Waals surface area contributed by atoms with Crippen molar-refractivity contribution in [3.05, 3.63) is 23.8 Å². The minimum atomic E-state index is 0.310. The van der Waals surface area contributed by atoms with Crippen LogP contribution in [0.2, 0.25) is 0 Å². The molecule has 2 aliphatic rings. The zero-order chi connectivity index (χ0) is 21.3. The first-order chi connectivity index (χ1) is 14.6. The van der Waals surface area contributed by atoms with Crippen LogP contribution in [0.5, 0.6) is 11.5 Å². The summed E-state index contributed by atoms with van der Waals surface area (Å²) in [5.41, 5.74) is 1.09. The molecule has 2 fully saturated rings. The number of nitrogens with one attached hydrogen (secondary N) is 2. The lowest BCUT2D eigenvalue weighted by Crippen LogP contribution is -2.55. The third-order valence-electron chi connectivity index (χ3n) is 6.11. The molecule has 7 heteroatoms. The topological polar surface area (TPSA) is 61.4 Å². The second-order valence-electron chi connectivity index (χ2n) is 8.47. The molecule has 30 heavy (non-hydrogen) atoms. The van der Waals surface area contributed by atoms with Gasteiger partial charge >= 0.3 is 0 Å². The number of rotatable bonds is 8. The number of piperazine rings is 1. The van der Waals surface area contributed by atoms with Crippen LogP contribution in [0.25, 0.3) is 0 Å². The second kappa shape index (κ2) is 11.4. The van der Waals surface area contributed by atoms with Crippen LogP contribution in [0.4, 0.5) is 0 Å². The van der Waals surface area contributed by atoms with Crippen molar-refractivity contribution in [2.45, 2.75) is 51.3 Å². The average Bonchev–Trinajstić information content (AvgIpc) is 3.26. The van der Waals surface area contributed by atoms with Gasteiger partial charge in [0.15, 0.2) is 5.96 Å². The predicted octanol–water partition coefficient (Wildman–Crippen LogP) is 2.32. The van der Waals surface area contributed by atoms with E-state index >= 15 is 0 Å². The Morgan fingerprint density at radius 3 is 2.70 bits per heavy atom. The lowest BCUT2D eigenvalue weighted by atomic mass is 10.2. The SMILES string of the molecule is CCNC(=NCc1ccc(OC)cc1OC1CCCC1)NCC1CN(C)CCN1C. The normalized spacial score (nSPS) is 21.6. The van der Waals surface area contributed by atoms with E-state index in [0.29, 0.717) is 18.7 Å². The van der Waals surface area contributed by atoms with Crippen LogP contribution in [-0.4, -0.2) is 81.8 Å². The molecule has 1 aromatic rings. The third-order valence-corrected chi connectivity index (χ3v) is 6.11. The molecule has 1 atom stereocenters. The number of aliphatic imine (C=N–C) groups is 1. The summed E-state index contributed by atoms with van der Waals surface area (Å²) in [6.07, 6.45) is 5.08. The van der Waals surface area contributed by atoms with Gasteiger partial charge in [0, 0.05) is 50.4 Å². The predicted molar refractivity (Wildman–Crippen MR) is 123 cm³/mol. The van der Waals surface area contributed by atoms with Gasteiger partial charge in [0.05, 0.1) is 19.8 Å². The number of hydrogen-bond donors (Lipinski definition) is 2. The Kier molecular flexibility index (Phi) is 8.63. The second-order valence-corrected chi connectivity index (χ2v) is 8.47. The zero-order valence-electron chi connectivity index (χ0n) is 19.1. The number of ether oxygens (including phenoxy) is 2. The standard InChI is InChI=1S/C23H39N5O2/c1-5-24-23(26-16-19-17-27(2)12-13-28(19)3)25-15-18-10-11-21(29-4)14-22(18)30-20-8-6-7-9-20/h10-11,14,19-20H,5-9,12-13,15-17H2,1-4H3,(H2,24,25,26). The highest BCUT2D eigenvalue weighted by Crippen LogP contribution is 2.30. The minimum Gasteiger partial charge on any atom is -0.497 e. The molecule has 1 aliphatic carbocycles. The van der Waals surface area contributed by atoms with Crippen LogP contribution in [0.1, 0.15) is 38.2 Å². The molecule has 0 aromatic heterocycles. The van der Waals surface area contributed by atoms with E-state index in [1.807, 2.05) is 12.1 Å². The molecule has 1 heterocycles. The number of nitrogens with zero attached hydrogens (tertiary/aromatic N) is 3. The Morgan fingerprint density at radius 2 is 1.97 bits per heavy atom. The van der Waals surface area contributed by atoms with Gasteiger partial charge in [0.1, 0.15) is 11.5 Å². The number of guanidine groups is 1. The van der Waals surface area contributed by atoms with Crippen LogP contribution in [0, 0.1) is 0 Å². The molecule has 0 bridgehead atoms. The molecule has 1 aliphatic heterocycles. The Hall–Kier alpha value is -1.99. The smallest absolute Gasteiger partial charge is 0.191 e. The highest BCUT2D eigenvalue weighted by atomic mass is 16.5. The highest BCUT2D eigenvalue weighted by Gasteiger charge is 2.22. The van der Waals surface area contributed by atoms with Crippen molar-refractivity contribution < 1.29 is 9.47 Å². The summed E-state index contributed by atoms with van der Waals surface area (Å²) in [4.78, 5) is 9.66. The maximum Gasteiger partial charge on any atom is 0.191 e. The van der Waals surface area contributed by atoms with Crippen molar-refractivity contribution in [2.24, 2.45) is 4.99 Å². The van der Waals surface area contributed by atoms with Crippen LogP contribution in [0.3, 0.4) is 0 Å². The molecule has 3 rings (SSSR count). The van der Waals surface area contributed by atoms with Gasteiger partial charge in [-0.1, -0.05) is 0 Å². The first-order valence-electron chi connectivity index (χ1n) is 11.3. The van der Waals surface area contributed by atoms with Crippen molar-refractivity contribution in [1.82, 2.24) is 20.4 Å². The molecule has 0 radical (unpaired) electrons. The number of likely N-dealkylation sites (N-methyl/N-ethyl adjacent to an activating group) is 2. The summed E-state index contributed by atoms with van der Waals surface area (Å²) in [5, 5.41) is 6.91. The zero-order valence-corrected chi connectivity index (χ0v) is 19.1. The monoisotopic (exact) mass is 417 g/mol. The van der Waals surface area contributed by atoms with Gasteiger partial charge in [-0.2, -0.15) is 0 Å². The maximum absolute atomic E-state index is 6.32. The maximum atomic E-state index is 6.32. The van der Waals surface area contributed by atoms with Gasteiger partial charge < -0.3 is 25.0 Å². The first-order valence-corrected chi connectivity index (χ1v) is 11.3. The molecule has 0 spiro atoms. The van der Waals surface area contributed by atoms with E-state index in [0.717, 1.165) is 68.6 Å². The first kappa shape index (κ1) is 22.7. The lowest BCUT2D eigenvalue weighted by Gasteiger charge is -2.37. The Bertz CT molecular complexity index is 690. The summed E-state index contributed by atoms with van der Waals surface area (Å²) < 4.78 is 11.7. The van der Waals surface area contributed by atoms with Gasteiger partial charge in [-0.15, -0.1) is 0 Å². The van der Waals surface area contributed by atoms with Crippen molar-refractivity contribution in [3.8, 4) is 11.5 Å². The fourth-order valence-electron chi connectivity index (χ4n) is 4.13. The molecular weight excluding hydrogens is 378 g/mol. The van der Waals surface area contributed by atoms with Crippen LogP contribution in [0.15, 0.2) is 23.2 Å². The highest BCUT2D eigenvalue weighted by molar-refractivity contribution is 5.79. The quantitative estimate of drug-likeness (QED) is 0.500. The largest absolute Gasteiger partial charge is 0.497 e. The third kappa shape index (κ3) is 6.51. The summed E-state index contributed by atoms with van der Waals surface area (Å²) in [5.74, 6) is 2.57.